The number of carbonyl (C=O) groups is 1. The van der Waals surface area contributed by atoms with Gasteiger partial charge in [0.05, 0.1) is 0 Å². The van der Waals surface area contributed by atoms with Gasteiger partial charge in [-0.05, 0) is 47.1 Å². The number of nitrogens with one attached hydrogen (secondary N) is 1. The Labute approximate surface area is 117 Å². The summed E-state index contributed by atoms with van der Waals surface area (Å²) < 4.78 is 0. The van der Waals surface area contributed by atoms with Crippen LogP contribution in [0.1, 0.15) is 19.3 Å². The molecule has 1 amide bonds. The molecule has 1 N–H and O–H groups in total. The molecule has 0 aromatic rings. The molecule has 0 unspecified atom stereocenters. The Morgan fingerprint density at radius 3 is 2.47 bits per heavy atom. The minimum absolute atomic E-state index is 0.228. The molecular formula is C14H30N4O. The monoisotopic (exact) mass is 270 g/mol. The van der Waals surface area contributed by atoms with E-state index < -0.39 is 0 Å². The number of rotatable bonds is 7. The van der Waals surface area contributed by atoms with Crippen LogP contribution < -0.4 is 5.32 Å². The van der Waals surface area contributed by atoms with Gasteiger partial charge in [-0.25, -0.2) is 0 Å². The minimum atomic E-state index is 0.228. The Bertz CT molecular complexity index is 264. The van der Waals surface area contributed by atoms with Crippen molar-refractivity contribution < 1.29 is 4.79 Å². The third-order valence-electron chi connectivity index (χ3n) is 4.11. The Morgan fingerprint density at radius 1 is 1.26 bits per heavy atom. The molecule has 19 heavy (non-hydrogen) atoms. The molecule has 1 aliphatic heterocycles. The van der Waals surface area contributed by atoms with Crippen LogP contribution in [0.3, 0.4) is 0 Å². The summed E-state index contributed by atoms with van der Waals surface area (Å²) in [5, 5.41) is 3.01. The molecule has 0 aliphatic carbocycles. The first-order valence-electron chi connectivity index (χ1n) is 7.32. The predicted molar refractivity (Wildman–Crippen MR) is 79.3 cm³/mol. The zero-order valence-corrected chi connectivity index (χ0v) is 13.0. The van der Waals surface area contributed by atoms with Crippen molar-refractivity contribution in [2.45, 2.75) is 25.3 Å². The number of likely N-dealkylation sites (N-methyl/N-ethyl adjacent to an activating group) is 2. The number of hydrogen-bond acceptors (Lipinski definition) is 4. The molecule has 5 nitrogen and oxygen atoms in total. The normalized spacial score (nSPS) is 17.9. The maximum absolute atomic E-state index is 11.8. The maximum Gasteiger partial charge on any atom is 0.223 e. The smallest absolute Gasteiger partial charge is 0.223 e. The maximum atomic E-state index is 11.8. The van der Waals surface area contributed by atoms with Crippen LogP contribution in [0, 0.1) is 0 Å². The van der Waals surface area contributed by atoms with Crippen LogP contribution in [0.25, 0.3) is 0 Å². The number of nitrogens with zero attached hydrogens (tertiary/aromatic N) is 3. The van der Waals surface area contributed by atoms with Crippen molar-refractivity contribution in [2.24, 2.45) is 0 Å². The lowest BCUT2D eigenvalue weighted by Crippen LogP contribution is -2.44. The van der Waals surface area contributed by atoms with E-state index in [2.05, 4.69) is 29.2 Å². The van der Waals surface area contributed by atoms with Gasteiger partial charge in [0.1, 0.15) is 0 Å². The zero-order chi connectivity index (χ0) is 14.3. The summed E-state index contributed by atoms with van der Waals surface area (Å²) in [6.07, 6.45) is 3.07. The third-order valence-corrected chi connectivity index (χ3v) is 4.11. The van der Waals surface area contributed by atoms with Crippen LogP contribution in [0.5, 0.6) is 0 Å². The van der Waals surface area contributed by atoms with E-state index in [4.69, 9.17) is 0 Å². The highest BCUT2D eigenvalue weighted by Crippen LogP contribution is 2.13. The van der Waals surface area contributed by atoms with Gasteiger partial charge in [-0.3, -0.25) is 4.79 Å². The van der Waals surface area contributed by atoms with Gasteiger partial charge in [-0.1, -0.05) is 0 Å². The van der Waals surface area contributed by atoms with Crippen molar-refractivity contribution in [3.05, 3.63) is 0 Å². The predicted octanol–water partition coefficient (Wildman–Crippen LogP) is 0.0803. The number of likely N-dealkylation sites (tertiary alicyclic amines) is 1. The Hall–Kier alpha value is -0.650. The summed E-state index contributed by atoms with van der Waals surface area (Å²) in [6, 6.07) is 0.678. The molecule has 0 bridgehead atoms. The summed E-state index contributed by atoms with van der Waals surface area (Å²) in [7, 11) is 8.15. The molecule has 5 heteroatoms. The summed E-state index contributed by atoms with van der Waals surface area (Å²) in [6.45, 7) is 4.92. The molecule has 0 saturated carbocycles. The van der Waals surface area contributed by atoms with Crippen molar-refractivity contribution in [1.29, 1.82) is 0 Å². The average Bonchev–Trinajstić information content (AvgIpc) is 2.42. The lowest BCUT2D eigenvalue weighted by atomic mass is 10.0. The lowest BCUT2D eigenvalue weighted by Gasteiger charge is -2.35. The first kappa shape index (κ1) is 16.4. The van der Waals surface area contributed by atoms with Gasteiger partial charge in [0.2, 0.25) is 5.91 Å². The van der Waals surface area contributed by atoms with Gasteiger partial charge in [-0.2, -0.15) is 0 Å². The van der Waals surface area contributed by atoms with Crippen LogP contribution in [0.15, 0.2) is 0 Å². The molecule has 112 valence electrons. The third kappa shape index (κ3) is 5.89. The molecule has 1 rings (SSSR count). The largest absolute Gasteiger partial charge is 0.344 e. The first-order chi connectivity index (χ1) is 9.04. The molecule has 0 atom stereocenters. The zero-order valence-electron chi connectivity index (χ0n) is 13.0. The van der Waals surface area contributed by atoms with E-state index >= 15 is 0 Å². The topological polar surface area (TPSA) is 38.8 Å². The van der Waals surface area contributed by atoms with Gasteiger partial charge in [-0.15, -0.1) is 0 Å². The van der Waals surface area contributed by atoms with Gasteiger partial charge >= 0.3 is 0 Å². The van der Waals surface area contributed by atoms with Crippen LogP contribution >= 0.6 is 0 Å². The molecule has 0 spiro atoms. The number of carbonyl (C=O) groups excluding carboxylic acids is 1. The van der Waals surface area contributed by atoms with E-state index in [0.717, 1.165) is 19.6 Å². The summed E-state index contributed by atoms with van der Waals surface area (Å²) in [4.78, 5) is 18.4. The second kappa shape index (κ2) is 8.51. The average molecular weight is 270 g/mol. The fraction of sp³-hybridized carbons (Fsp3) is 0.929. The molecule has 1 saturated heterocycles. The molecule has 0 aromatic carbocycles. The number of hydrogen-bond donors (Lipinski definition) is 1. The van der Waals surface area contributed by atoms with Crippen LogP contribution in [-0.2, 0) is 4.79 Å². The van der Waals surface area contributed by atoms with Crippen molar-refractivity contribution in [1.82, 2.24) is 20.0 Å². The quantitative estimate of drug-likeness (QED) is 0.711. The van der Waals surface area contributed by atoms with Crippen molar-refractivity contribution in [2.75, 3.05) is 60.9 Å². The lowest BCUT2D eigenvalue weighted by molar-refractivity contribution is -0.130. The van der Waals surface area contributed by atoms with Crippen LogP contribution in [-0.4, -0.2) is 87.6 Å². The molecule has 1 heterocycles. The second-order valence-electron chi connectivity index (χ2n) is 5.68. The van der Waals surface area contributed by atoms with Crippen LogP contribution in [0.4, 0.5) is 0 Å². The van der Waals surface area contributed by atoms with E-state index in [9.17, 15) is 4.79 Å². The Balaban J connectivity index is 2.21. The number of piperidine rings is 1. The van der Waals surface area contributed by atoms with E-state index in [1.54, 1.807) is 0 Å². The van der Waals surface area contributed by atoms with Gasteiger partial charge in [0.25, 0.3) is 0 Å². The van der Waals surface area contributed by atoms with Gasteiger partial charge in [0, 0.05) is 39.1 Å². The number of amides is 1. The van der Waals surface area contributed by atoms with Crippen LogP contribution in [0.2, 0.25) is 0 Å². The van der Waals surface area contributed by atoms with Gasteiger partial charge in [0.15, 0.2) is 0 Å². The SMILES string of the molecule is CNCCC(=O)N(C)CCN(C)C1CCN(C)CC1. The van der Waals surface area contributed by atoms with E-state index in [-0.39, 0.29) is 5.91 Å². The molecule has 0 aromatic heterocycles. The summed E-state index contributed by atoms with van der Waals surface area (Å²) in [5.41, 5.74) is 0. The summed E-state index contributed by atoms with van der Waals surface area (Å²) in [5.74, 6) is 0.228. The Kier molecular flexibility index (Phi) is 7.34. The molecule has 0 radical (unpaired) electrons. The van der Waals surface area contributed by atoms with E-state index in [1.807, 2.05) is 19.0 Å². The van der Waals surface area contributed by atoms with Gasteiger partial charge < -0.3 is 20.0 Å². The van der Waals surface area contributed by atoms with Crippen molar-refractivity contribution in [3.63, 3.8) is 0 Å². The van der Waals surface area contributed by atoms with Crippen molar-refractivity contribution in [3.8, 4) is 0 Å². The van der Waals surface area contributed by atoms with E-state index in [1.165, 1.54) is 25.9 Å². The molecular weight excluding hydrogens is 240 g/mol. The second-order valence-corrected chi connectivity index (χ2v) is 5.68. The first-order valence-corrected chi connectivity index (χ1v) is 7.32. The summed E-state index contributed by atoms with van der Waals surface area (Å²) >= 11 is 0. The molecule has 1 aliphatic rings. The highest BCUT2D eigenvalue weighted by atomic mass is 16.2. The van der Waals surface area contributed by atoms with Crippen molar-refractivity contribution >= 4 is 5.91 Å². The standard InChI is InChI=1S/C14H30N4O/c1-15-8-5-14(19)18(4)12-11-17(3)13-6-9-16(2)10-7-13/h13,15H,5-12H2,1-4H3. The molecule has 1 fully saturated rings. The minimum Gasteiger partial charge on any atom is -0.344 e. The highest BCUT2D eigenvalue weighted by Gasteiger charge is 2.20. The fourth-order valence-electron chi connectivity index (χ4n) is 2.47. The van der Waals surface area contributed by atoms with E-state index in [0.29, 0.717) is 12.5 Å². The fourth-order valence-corrected chi connectivity index (χ4v) is 2.47. The Morgan fingerprint density at radius 2 is 1.89 bits per heavy atom. The highest BCUT2D eigenvalue weighted by molar-refractivity contribution is 5.76.